The van der Waals surface area contributed by atoms with E-state index in [1.54, 1.807) is 0 Å². The summed E-state index contributed by atoms with van der Waals surface area (Å²) in [6, 6.07) is 1.26. The van der Waals surface area contributed by atoms with Gasteiger partial charge in [0.15, 0.2) is 5.69 Å². The Labute approximate surface area is 82.7 Å². The van der Waals surface area contributed by atoms with Crippen LogP contribution in [0.15, 0.2) is 16.9 Å². The number of nitrogens with one attached hydrogen (secondary N) is 1. The van der Waals surface area contributed by atoms with Crippen molar-refractivity contribution in [3.05, 3.63) is 18.0 Å². The molecule has 0 spiro atoms. The standard InChI is InChI=1S/C10H12N2O2/c1-3-5-8(4-2)11-10(13)9-6-7-14-12-9/h2,6-8H,3,5H2,1H3,(H,11,13). The minimum atomic E-state index is -0.296. The van der Waals surface area contributed by atoms with Crippen molar-refractivity contribution in [2.24, 2.45) is 0 Å². The number of aromatic nitrogens is 1. The predicted octanol–water partition coefficient (Wildman–Crippen LogP) is 1.21. The van der Waals surface area contributed by atoms with Gasteiger partial charge in [-0.25, -0.2) is 0 Å². The van der Waals surface area contributed by atoms with Gasteiger partial charge in [0.1, 0.15) is 6.26 Å². The summed E-state index contributed by atoms with van der Waals surface area (Å²) in [6.45, 7) is 2.01. The molecule has 0 aliphatic rings. The van der Waals surface area contributed by atoms with Crippen LogP contribution in [0, 0.1) is 12.3 Å². The predicted molar refractivity (Wildman–Crippen MR) is 51.5 cm³/mol. The van der Waals surface area contributed by atoms with Crippen LogP contribution in [-0.2, 0) is 0 Å². The molecule has 1 amide bonds. The fraction of sp³-hybridized carbons (Fsp3) is 0.400. The van der Waals surface area contributed by atoms with Crippen molar-refractivity contribution in [3.63, 3.8) is 0 Å². The van der Waals surface area contributed by atoms with Crippen LogP contribution in [0.4, 0.5) is 0 Å². The van der Waals surface area contributed by atoms with Gasteiger partial charge >= 0.3 is 0 Å². The molecule has 0 aromatic carbocycles. The molecule has 0 radical (unpaired) electrons. The van der Waals surface area contributed by atoms with Crippen molar-refractivity contribution in [1.29, 1.82) is 0 Å². The van der Waals surface area contributed by atoms with Gasteiger partial charge in [0.25, 0.3) is 5.91 Å². The number of hydrogen-bond donors (Lipinski definition) is 1. The fourth-order valence-corrected chi connectivity index (χ4v) is 1.05. The number of rotatable bonds is 4. The van der Waals surface area contributed by atoms with E-state index in [9.17, 15) is 4.79 Å². The molecule has 1 aromatic heterocycles. The molecule has 4 nitrogen and oxygen atoms in total. The van der Waals surface area contributed by atoms with Crippen LogP contribution in [-0.4, -0.2) is 17.1 Å². The van der Waals surface area contributed by atoms with Crippen molar-refractivity contribution in [1.82, 2.24) is 10.5 Å². The summed E-state index contributed by atoms with van der Waals surface area (Å²) in [5.74, 6) is 2.21. The number of carbonyl (C=O) groups excluding carboxylic acids is 1. The summed E-state index contributed by atoms with van der Waals surface area (Å²) in [5, 5.41) is 6.18. The Morgan fingerprint density at radius 3 is 3.14 bits per heavy atom. The number of amides is 1. The van der Waals surface area contributed by atoms with Gasteiger partial charge in [0.05, 0.1) is 6.04 Å². The molecular weight excluding hydrogens is 180 g/mol. The average molecular weight is 192 g/mol. The highest BCUT2D eigenvalue weighted by Crippen LogP contribution is 1.98. The van der Waals surface area contributed by atoms with Gasteiger partial charge in [-0.05, 0) is 6.42 Å². The van der Waals surface area contributed by atoms with Crippen molar-refractivity contribution < 1.29 is 9.32 Å². The van der Waals surface area contributed by atoms with Crippen LogP contribution >= 0.6 is 0 Å². The van der Waals surface area contributed by atoms with E-state index >= 15 is 0 Å². The summed E-state index contributed by atoms with van der Waals surface area (Å²) in [5.41, 5.74) is 0.251. The van der Waals surface area contributed by atoms with E-state index < -0.39 is 0 Å². The second-order valence-corrected chi connectivity index (χ2v) is 2.87. The third-order valence-corrected chi connectivity index (χ3v) is 1.75. The number of carbonyl (C=O) groups is 1. The maximum Gasteiger partial charge on any atom is 0.274 e. The van der Waals surface area contributed by atoms with Crippen molar-refractivity contribution in [2.45, 2.75) is 25.8 Å². The van der Waals surface area contributed by atoms with Crippen molar-refractivity contribution >= 4 is 5.91 Å². The SMILES string of the molecule is C#CC(CCC)NC(=O)c1ccon1. The molecule has 1 rings (SSSR count). The first-order valence-electron chi connectivity index (χ1n) is 4.45. The Morgan fingerprint density at radius 1 is 1.86 bits per heavy atom. The number of nitrogens with zero attached hydrogens (tertiary/aromatic N) is 1. The highest BCUT2D eigenvalue weighted by Gasteiger charge is 2.12. The summed E-state index contributed by atoms with van der Waals surface area (Å²) in [7, 11) is 0. The Balaban J connectivity index is 2.52. The van der Waals surface area contributed by atoms with Crippen molar-refractivity contribution in [3.8, 4) is 12.3 Å². The molecule has 1 heterocycles. The van der Waals surface area contributed by atoms with E-state index in [1.165, 1.54) is 12.3 Å². The molecule has 74 valence electrons. The van der Waals surface area contributed by atoms with Gasteiger partial charge in [0, 0.05) is 6.07 Å². The Hall–Kier alpha value is -1.76. The fourth-order valence-electron chi connectivity index (χ4n) is 1.05. The van der Waals surface area contributed by atoms with E-state index in [1.807, 2.05) is 6.92 Å². The van der Waals surface area contributed by atoms with Gasteiger partial charge < -0.3 is 9.84 Å². The van der Waals surface area contributed by atoms with E-state index in [-0.39, 0.29) is 17.6 Å². The monoisotopic (exact) mass is 192 g/mol. The Kier molecular flexibility index (Phi) is 3.74. The van der Waals surface area contributed by atoms with Gasteiger partial charge in [-0.15, -0.1) is 6.42 Å². The summed E-state index contributed by atoms with van der Waals surface area (Å²) in [6.07, 6.45) is 8.29. The zero-order valence-corrected chi connectivity index (χ0v) is 7.99. The minimum Gasteiger partial charge on any atom is -0.364 e. The van der Waals surface area contributed by atoms with Crippen LogP contribution < -0.4 is 5.32 Å². The van der Waals surface area contributed by atoms with Crippen LogP contribution in [0.1, 0.15) is 30.3 Å². The molecule has 0 saturated heterocycles. The first-order valence-corrected chi connectivity index (χ1v) is 4.45. The first-order chi connectivity index (χ1) is 6.77. The highest BCUT2D eigenvalue weighted by atomic mass is 16.5. The second kappa shape index (κ2) is 5.07. The van der Waals surface area contributed by atoms with Crippen LogP contribution in [0.25, 0.3) is 0 Å². The smallest absolute Gasteiger partial charge is 0.274 e. The van der Waals surface area contributed by atoms with E-state index in [0.717, 1.165) is 12.8 Å². The van der Waals surface area contributed by atoms with Gasteiger partial charge in [-0.1, -0.05) is 24.4 Å². The van der Waals surface area contributed by atoms with E-state index in [2.05, 4.69) is 20.9 Å². The minimum absolute atomic E-state index is 0.232. The third kappa shape index (κ3) is 2.63. The Bertz CT molecular complexity index is 324. The van der Waals surface area contributed by atoms with Crippen molar-refractivity contribution in [2.75, 3.05) is 0 Å². The lowest BCUT2D eigenvalue weighted by molar-refractivity contribution is 0.0935. The second-order valence-electron chi connectivity index (χ2n) is 2.87. The molecule has 0 aliphatic carbocycles. The average Bonchev–Trinajstić information content (AvgIpc) is 2.69. The summed E-state index contributed by atoms with van der Waals surface area (Å²) in [4.78, 5) is 11.4. The molecule has 0 bridgehead atoms. The first kappa shape index (κ1) is 10.3. The zero-order valence-electron chi connectivity index (χ0n) is 7.99. The molecule has 0 aliphatic heterocycles. The molecular formula is C10H12N2O2. The maximum absolute atomic E-state index is 11.4. The lowest BCUT2D eigenvalue weighted by atomic mass is 10.2. The molecule has 1 N–H and O–H groups in total. The lowest BCUT2D eigenvalue weighted by Crippen LogP contribution is -2.33. The maximum atomic E-state index is 11.4. The third-order valence-electron chi connectivity index (χ3n) is 1.75. The van der Waals surface area contributed by atoms with E-state index in [4.69, 9.17) is 6.42 Å². The largest absolute Gasteiger partial charge is 0.364 e. The summed E-state index contributed by atoms with van der Waals surface area (Å²) >= 11 is 0. The van der Waals surface area contributed by atoms with Gasteiger partial charge in [-0.2, -0.15) is 0 Å². The molecule has 1 atom stereocenters. The van der Waals surface area contributed by atoms with Gasteiger partial charge in [0.2, 0.25) is 0 Å². The number of terminal acetylenes is 1. The van der Waals surface area contributed by atoms with Gasteiger partial charge in [-0.3, -0.25) is 4.79 Å². The molecule has 1 unspecified atom stereocenters. The molecule has 0 saturated carbocycles. The Morgan fingerprint density at radius 2 is 2.64 bits per heavy atom. The topological polar surface area (TPSA) is 55.1 Å². The van der Waals surface area contributed by atoms with E-state index in [0.29, 0.717) is 0 Å². The molecule has 0 fully saturated rings. The lowest BCUT2D eigenvalue weighted by Gasteiger charge is -2.09. The van der Waals surface area contributed by atoms with Crippen LogP contribution in [0.5, 0.6) is 0 Å². The zero-order chi connectivity index (χ0) is 10.4. The van der Waals surface area contributed by atoms with Crippen LogP contribution in [0.2, 0.25) is 0 Å². The molecule has 14 heavy (non-hydrogen) atoms. The highest BCUT2D eigenvalue weighted by molar-refractivity contribution is 5.92. The van der Waals surface area contributed by atoms with Crippen LogP contribution in [0.3, 0.4) is 0 Å². The summed E-state index contributed by atoms with van der Waals surface area (Å²) < 4.78 is 4.55. The molecule has 4 heteroatoms. The molecule has 1 aromatic rings. The quantitative estimate of drug-likeness (QED) is 0.729. The number of hydrogen-bond acceptors (Lipinski definition) is 3. The normalized spacial score (nSPS) is 11.7.